The van der Waals surface area contributed by atoms with Crippen LogP contribution in [0.2, 0.25) is 20.1 Å². The summed E-state index contributed by atoms with van der Waals surface area (Å²) in [5, 5.41) is 3.07. The lowest BCUT2D eigenvalue weighted by atomic mass is 9.73. The summed E-state index contributed by atoms with van der Waals surface area (Å²) in [6.07, 6.45) is -0.833. The summed E-state index contributed by atoms with van der Waals surface area (Å²) in [6, 6.07) is 5.70. The van der Waals surface area contributed by atoms with Crippen molar-refractivity contribution in [2.75, 3.05) is 30.6 Å². The summed E-state index contributed by atoms with van der Waals surface area (Å²) in [6.45, 7) is -0.684. The van der Waals surface area contributed by atoms with Crippen molar-refractivity contribution in [1.29, 1.82) is 0 Å². The van der Waals surface area contributed by atoms with E-state index in [-0.39, 0.29) is 37.0 Å². The van der Waals surface area contributed by atoms with Gasteiger partial charge < -0.3 is 19.7 Å². The second-order valence-corrected chi connectivity index (χ2v) is 11.7. The van der Waals surface area contributed by atoms with E-state index >= 15 is 8.78 Å². The minimum atomic E-state index is -3.31. The number of nitrogens with zero attached hydrogens (tertiary/aromatic N) is 2. The molecule has 2 saturated heterocycles. The summed E-state index contributed by atoms with van der Waals surface area (Å²) < 4.78 is 40.1. The first-order valence-corrected chi connectivity index (χ1v) is 13.7. The Bertz CT molecular complexity index is 1470. The molecule has 9 nitrogen and oxygen atoms in total. The highest BCUT2D eigenvalue weighted by Gasteiger charge is 2.75. The van der Waals surface area contributed by atoms with E-state index in [9.17, 15) is 19.2 Å². The maximum atomic E-state index is 15.1. The maximum absolute atomic E-state index is 15.1. The van der Waals surface area contributed by atoms with Crippen LogP contribution in [-0.2, 0) is 34.2 Å². The van der Waals surface area contributed by atoms with Gasteiger partial charge in [-0.05, 0) is 30.3 Å². The van der Waals surface area contributed by atoms with Crippen LogP contribution in [0, 0.1) is 11.8 Å². The Hall–Kier alpha value is -2.70. The van der Waals surface area contributed by atoms with Crippen LogP contribution in [0.1, 0.15) is 18.9 Å². The molecule has 1 unspecified atom stereocenters. The van der Waals surface area contributed by atoms with Gasteiger partial charge in [-0.2, -0.15) is 0 Å². The minimum Gasteiger partial charge on any atom is -0.428 e. The van der Waals surface area contributed by atoms with Crippen molar-refractivity contribution in [3.05, 3.63) is 56.0 Å². The Morgan fingerprint density at radius 1 is 1.05 bits per heavy atom. The number of rotatable bonds is 5. The highest BCUT2D eigenvalue weighted by atomic mass is 35.5. The first-order valence-electron chi connectivity index (χ1n) is 12.2. The van der Waals surface area contributed by atoms with E-state index < -0.39 is 72.9 Å². The maximum Gasteiger partial charge on any atom is 0.315 e. The summed E-state index contributed by atoms with van der Waals surface area (Å²) in [5.74, 6) is -10.1. The third-order valence-electron chi connectivity index (χ3n) is 7.60. The Morgan fingerprint density at radius 3 is 2.32 bits per heavy atom. The number of carbonyl (C=O) groups is 4. The first kappa shape index (κ1) is 29.8. The van der Waals surface area contributed by atoms with Gasteiger partial charge in [0.15, 0.2) is 0 Å². The molecule has 0 aromatic heterocycles. The van der Waals surface area contributed by atoms with Gasteiger partial charge in [-0.15, -0.1) is 0 Å². The number of hydrogen-bond donors (Lipinski definition) is 1. The van der Waals surface area contributed by atoms with Crippen LogP contribution < -0.4 is 10.2 Å². The monoisotopic (exact) mass is 649 g/mol. The third kappa shape index (κ3) is 4.91. The van der Waals surface area contributed by atoms with Crippen LogP contribution in [0.3, 0.4) is 0 Å². The topological polar surface area (TPSA) is 105 Å². The fraction of sp³-hybridized carbons (Fsp3) is 0.385. The van der Waals surface area contributed by atoms with Crippen molar-refractivity contribution in [3.63, 3.8) is 0 Å². The zero-order valence-corrected chi connectivity index (χ0v) is 24.4. The minimum absolute atomic E-state index is 0.00715. The van der Waals surface area contributed by atoms with Crippen LogP contribution in [0.4, 0.5) is 20.2 Å². The fourth-order valence-electron chi connectivity index (χ4n) is 6.11. The molecule has 1 N–H and O–H groups in total. The van der Waals surface area contributed by atoms with E-state index in [0.717, 1.165) is 16.7 Å². The summed E-state index contributed by atoms with van der Waals surface area (Å²) >= 11 is 24.9. The highest BCUT2D eigenvalue weighted by Crippen LogP contribution is 2.61. The van der Waals surface area contributed by atoms with Gasteiger partial charge in [0.2, 0.25) is 12.7 Å². The van der Waals surface area contributed by atoms with Gasteiger partial charge in [0, 0.05) is 52.8 Å². The molecule has 2 aromatic rings. The Kier molecular flexibility index (Phi) is 7.65. The molecule has 2 fully saturated rings. The number of halogens is 6. The average molecular weight is 651 g/mol. The van der Waals surface area contributed by atoms with Crippen LogP contribution in [0.5, 0.6) is 0 Å². The summed E-state index contributed by atoms with van der Waals surface area (Å²) in [7, 11) is 1.37. The standard InChI is InChI=1S/C26H21Cl4F2N3O6/c1-11(36)40-10-41-23(38)20-19(22(37)34(2)15-4-12(27)3-13(28)5-15)18-8-25(31,32)9-35(18)26(20)16-6-14(29)7-17(30)21(16)33-24(26)39/h3-7,18-20H,8-10H2,1-2H3,(H,33,39)/t18-,19+,20-,26?/m1/s1. The van der Waals surface area contributed by atoms with Gasteiger partial charge in [0.05, 0.1) is 23.2 Å². The normalized spacial score (nSPS) is 26.0. The molecule has 3 heterocycles. The van der Waals surface area contributed by atoms with Gasteiger partial charge in [-0.3, -0.25) is 24.1 Å². The van der Waals surface area contributed by atoms with E-state index in [4.69, 9.17) is 55.9 Å². The van der Waals surface area contributed by atoms with Crippen molar-refractivity contribution in [1.82, 2.24) is 4.90 Å². The number of fused-ring (bicyclic) bond motifs is 4. The molecular weight excluding hydrogens is 630 g/mol. The van der Waals surface area contributed by atoms with Crippen LogP contribution in [-0.4, -0.2) is 61.0 Å². The van der Waals surface area contributed by atoms with Gasteiger partial charge in [-0.1, -0.05) is 46.4 Å². The smallest absolute Gasteiger partial charge is 0.315 e. The molecule has 0 bridgehead atoms. The SMILES string of the molecule is CC(=O)OCOC(=O)[C@H]1[C@@H](C(=O)N(C)c2cc(Cl)cc(Cl)c2)[C@H]2CC(F)(F)CN2C12C(=O)Nc1c(Cl)cc(Cl)cc12. The number of ether oxygens (including phenoxy) is 2. The van der Waals surface area contributed by atoms with E-state index in [1.54, 1.807) is 0 Å². The van der Waals surface area contributed by atoms with Crippen LogP contribution in [0.15, 0.2) is 30.3 Å². The van der Waals surface area contributed by atoms with Crippen molar-refractivity contribution < 1.29 is 37.4 Å². The molecule has 2 aromatic carbocycles. The van der Waals surface area contributed by atoms with Crippen molar-refractivity contribution in [2.45, 2.75) is 30.8 Å². The Balaban J connectivity index is 1.70. The summed E-state index contributed by atoms with van der Waals surface area (Å²) in [5.41, 5.74) is -1.83. The Labute approximate surface area is 252 Å². The van der Waals surface area contributed by atoms with Crippen molar-refractivity contribution >= 4 is 81.5 Å². The predicted molar refractivity (Wildman–Crippen MR) is 146 cm³/mol. The van der Waals surface area contributed by atoms with Gasteiger partial charge in [-0.25, -0.2) is 8.78 Å². The van der Waals surface area contributed by atoms with Crippen LogP contribution >= 0.6 is 46.4 Å². The molecule has 1 spiro atoms. The number of alkyl halides is 2. The molecule has 4 atom stereocenters. The van der Waals surface area contributed by atoms with Gasteiger partial charge in [0.1, 0.15) is 11.5 Å². The van der Waals surface area contributed by atoms with Crippen molar-refractivity contribution in [3.8, 4) is 0 Å². The highest BCUT2D eigenvalue weighted by molar-refractivity contribution is 6.38. The fourth-order valence-corrected chi connectivity index (χ4v) is 7.16. The molecule has 2 amide bonds. The number of carbonyl (C=O) groups excluding carboxylic acids is 4. The quantitative estimate of drug-likeness (QED) is 0.353. The molecule has 0 aliphatic carbocycles. The number of nitrogens with one attached hydrogen (secondary N) is 1. The molecule has 3 aliphatic rings. The number of anilines is 2. The van der Waals surface area contributed by atoms with E-state index in [1.165, 1.54) is 37.4 Å². The zero-order chi connectivity index (χ0) is 30.0. The van der Waals surface area contributed by atoms with Gasteiger partial charge in [0.25, 0.3) is 11.8 Å². The van der Waals surface area contributed by atoms with E-state index in [1.807, 2.05) is 0 Å². The van der Waals surface area contributed by atoms with E-state index in [2.05, 4.69) is 5.32 Å². The lowest BCUT2D eigenvalue weighted by Gasteiger charge is -2.36. The lowest BCUT2D eigenvalue weighted by Crippen LogP contribution is -2.54. The Morgan fingerprint density at radius 2 is 1.68 bits per heavy atom. The lowest BCUT2D eigenvalue weighted by molar-refractivity contribution is -0.174. The van der Waals surface area contributed by atoms with E-state index in [0.29, 0.717) is 0 Å². The number of hydrogen-bond acceptors (Lipinski definition) is 7. The first-order chi connectivity index (χ1) is 19.2. The molecule has 3 aliphatic heterocycles. The third-order valence-corrected chi connectivity index (χ3v) is 8.56. The molecule has 218 valence electrons. The second kappa shape index (κ2) is 10.5. The number of esters is 2. The largest absolute Gasteiger partial charge is 0.428 e. The summed E-state index contributed by atoms with van der Waals surface area (Å²) in [4.78, 5) is 55.5. The zero-order valence-electron chi connectivity index (χ0n) is 21.4. The average Bonchev–Trinajstić information content (AvgIpc) is 3.43. The molecule has 0 saturated carbocycles. The second-order valence-electron chi connectivity index (χ2n) is 10.0. The predicted octanol–water partition coefficient (Wildman–Crippen LogP) is 5.13. The van der Waals surface area contributed by atoms with Gasteiger partial charge >= 0.3 is 11.9 Å². The number of benzene rings is 2. The molecular formula is C26H21Cl4F2N3O6. The van der Waals surface area contributed by atoms with Crippen LogP contribution in [0.25, 0.3) is 0 Å². The molecule has 5 rings (SSSR count). The van der Waals surface area contributed by atoms with Crippen molar-refractivity contribution in [2.24, 2.45) is 11.8 Å². The molecule has 15 heteroatoms. The molecule has 41 heavy (non-hydrogen) atoms. The number of amides is 2. The molecule has 0 radical (unpaired) electrons.